The highest BCUT2D eigenvalue weighted by Crippen LogP contribution is 1.98. The van der Waals surface area contributed by atoms with E-state index in [1.54, 1.807) is 25.3 Å². The number of ether oxygens (including phenoxy) is 1. The highest BCUT2D eigenvalue weighted by atomic mass is 16.5. The number of pyridine rings is 1. The van der Waals surface area contributed by atoms with Crippen molar-refractivity contribution in [2.24, 2.45) is 0 Å². The first kappa shape index (κ1) is 14.2. The van der Waals surface area contributed by atoms with Crippen molar-refractivity contribution in [1.29, 1.82) is 0 Å². The molecular formula is C14H17N3O3. The zero-order valence-electron chi connectivity index (χ0n) is 11.3. The largest absolute Gasteiger partial charge is 0.466 e. The Balaban J connectivity index is 1.94. The predicted molar refractivity (Wildman–Crippen MR) is 74.4 cm³/mol. The zero-order chi connectivity index (χ0) is 14.4. The number of fused-ring (bicyclic) bond motifs is 1. The van der Waals surface area contributed by atoms with E-state index in [9.17, 15) is 9.59 Å². The van der Waals surface area contributed by atoms with Crippen LogP contribution in [0.5, 0.6) is 0 Å². The summed E-state index contributed by atoms with van der Waals surface area (Å²) in [6, 6.07) is 6.89. The van der Waals surface area contributed by atoms with Crippen LogP contribution >= 0.6 is 0 Å². The Bertz CT molecular complexity index is 651. The van der Waals surface area contributed by atoms with Crippen LogP contribution in [0.2, 0.25) is 0 Å². The van der Waals surface area contributed by atoms with Gasteiger partial charge in [0.2, 0.25) is 0 Å². The Kier molecular flexibility index (Phi) is 4.84. The molecule has 2 aromatic heterocycles. The van der Waals surface area contributed by atoms with Gasteiger partial charge in [-0.05, 0) is 19.1 Å². The summed E-state index contributed by atoms with van der Waals surface area (Å²) in [5.41, 5.74) is 1.16. The Morgan fingerprint density at radius 2 is 2.30 bits per heavy atom. The van der Waals surface area contributed by atoms with Gasteiger partial charge in [0.15, 0.2) is 0 Å². The van der Waals surface area contributed by atoms with Gasteiger partial charge in [0.1, 0.15) is 5.65 Å². The van der Waals surface area contributed by atoms with Crippen molar-refractivity contribution in [3.63, 3.8) is 0 Å². The van der Waals surface area contributed by atoms with Crippen molar-refractivity contribution in [2.45, 2.75) is 19.9 Å². The normalized spacial score (nSPS) is 10.7. The summed E-state index contributed by atoms with van der Waals surface area (Å²) in [4.78, 5) is 27.4. The molecule has 0 radical (unpaired) electrons. The molecule has 106 valence electrons. The molecule has 2 aromatic rings. The summed E-state index contributed by atoms with van der Waals surface area (Å²) < 4.78 is 6.31. The first-order valence-corrected chi connectivity index (χ1v) is 6.54. The summed E-state index contributed by atoms with van der Waals surface area (Å²) in [6.45, 7) is 3.11. The third-order valence-electron chi connectivity index (χ3n) is 2.74. The van der Waals surface area contributed by atoms with Gasteiger partial charge in [0.25, 0.3) is 5.56 Å². The van der Waals surface area contributed by atoms with Crippen LogP contribution in [0.3, 0.4) is 0 Å². The molecule has 0 aliphatic rings. The molecule has 0 aliphatic heterocycles. The molecular weight excluding hydrogens is 258 g/mol. The summed E-state index contributed by atoms with van der Waals surface area (Å²) in [5, 5.41) is 3.07. The molecule has 0 atom stereocenters. The minimum atomic E-state index is -0.230. The second kappa shape index (κ2) is 6.81. The van der Waals surface area contributed by atoms with Gasteiger partial charge in [-0.3, -0.25) is 14.0 Å². The highest BCUT2D eigenvalue weighted by Gasteiger charge is 2.03. The maximum Gasteiger partial charge on any atom is 0.307 e. The Morgan fingerprint density at radius 3 is 3.10 bits per heavy atom. The lowest BCUT2D eigenvalue weighted by Gasteiger charge is -2.06. The van der Waals surface area contributed by atoms with E-state index in [0.717, 1.165) is 0 Å². The van der Waals surface area contributed by atoms with E-state index in [-0.39, 0.29) is 11.5 Å². The molecule has 20 heavy (non-hydrogen) atoms. The number of rotatable bonds is 6. The van der Waals surface area contributed by atoms with Gasteiger partial charge in [0, 0.05) is 25.4 Å². The number of carbonyl (C=O) groups is 1. The van der Waals surface area contributed by atoms with Gasteiger partial charge in [0.05, 0.1) is 18.7 Å². The van der Waals surface area contributed by atoms with E-state index in [0.29, 0.717) is 37.5 Å². The maximum absolute atomic E-state index is 11.8. The van der Waals surface area contributed by atoms with Crippen molar-refractivity contribution >= 4 is 11.6 Å². The Morgan fingerprint density at radius 1 is 1.45 bits per heavy atom. The fraction of sp³-hybridized carbons (Fsp3) is 0.357. The van der Waals surface area contributed by atoms with Crippen molar-refractivity contribution in [3.05, 3.63) is 46.5 Å². The van der Waals surface area contributed by atoms with Crippen molar-refractivity contribution in [3.8, 4) is 0 Å². The summed E-state index contributed by atoms with van der Waals surface area (Å²) in [7, 11) is 0. The molecule has 6 nitrogen and oxygen atoms in total. The molecule has 0 saturated carbocycles. The monoisotopic (exact) mass is 275 g/mol. The number of hydrogen-bond donors (Lipinski definition) is 1. The van der Waals surface area contributed by atoms with E-state index < -0.39 is 0 Å². The van der Waals surface area contributed by atoms with Crippen LogP contribution in [0.1, 0.15) is 19.0 Å². The van der Waals surface area contributed by atoms with Crippen molar-refractivity contribution < 1.29 is 9.53 Å². The SMILES string of the molecule is CCOC(=O)CCNCc1cc(=O)n2ccccc2n1. The molecule has 0 amide bonds. The Hall–Kier alpha value is -2.21. The number of carbonyl (C=O) groups excluding carboxylic acids is 1. The summed E-state index contributed by atoms with van der Waals surface area (Å²) in [5.74, 6) is -0.230. The predicted octanol–water partition coefficient (Wildman–Crippen LogP) is 0.737. The third kappa shape index (κ3) is 3.64. The molecule has 0 spiro atoms. The highest BCUT2D eigenvalue weighted by molar-refractivity contribution is 5.69. The van der Waals surface area contributed by atoms with Crippen molar-refractivity contribution in [1.82, 2.24) is 14.7 Å². The fourth-order valence-corrected chi connectivity index (χ4v) is 1.83. The summed E-state index contributed by atoms with van der Waals surface area (Å²) in [6.07, 6.45) is 1.99. The molecule has 2 rings (SSSR count). The number of aromatic nitrogens is 2. The van der Waals surface area contributed by atoms with Gasteiger partial charge in [-0.25, -0.2) is 4.98 Å². The van der Waals surface area contributed by atoms with Gasteiger partial charge in [-0.2, -0.15) is 0 Å². The van der Waals surface area contributed by atoms with Crippen LogP contribution in [-0.2, 0) is 16.1 Å². The van der Waals surface area contributed by atoms with E-state index in [2.05, 4.69) is 10.3 Å². The molecule has 0 aromatic carbocycles. The van der Waals surface area contributed by atoms with Gasteiger partial charge < -0.3 is 10.1 Å². The lowest BCUT2D eigenvalue weighted by atomic mass is 10.3. The van der Waals surface area contributed by atoms with Gasteiger partial charge >= 0.3 is 5.97 Å². The van der Waals surface area contributed by atoms with Crippen LogP contribution in [0.15, 0.2) is 35.3 Å². The molecule has 0 bridgehead atoms. The molecule has 1 N–H and O–H groups in total. The lowest BCUT2D eigenvalue weighted by Crippen LogP contribution is -2.22. The van der Waals surface area contributed by atoms with Crippen LogP contribution in [0, 0.1) is 0 Å². The van der Waals surface area contributed by atoms with E-state index in [4.69, 9.17) is 4.74 Å². The average Bonchev–Trinajstić information content (AvgIpc) is 2.44. The second-order valence-corrected chi connectivity index (χ2v) is 4.25. The van der Waals surface area contributed by atoms with Gasteiger partial charge in [-0.15, -0.1) is 0 Å². The average molecular weight is 275 g/mol. The first-order valence-electron chi connectivity index (χ1n) is 6.54. The van der Waals surface area contributed by atoms with Crippen LogP contribution in [0.4, 0.5) is 0 Å². The van der Waals surface area contributed by atoms with E-state index in [1.165, 1.54) is 10.5 Å². The molecule has 0 aliphatic carbocycles. The number of hydrogen-bond acceptors (Lipinski definition) is 5. The third-order valence-corrected chi connectivity index (χ3v) is 2.74. The van der Waals surface area contributed by atoms with Crippen LogP contribution in [-0.4, -0.2) is 28.5 Å². The molecule has 0 unspecified atom stereocenters. The van der Waals surface area contributed by atoms with E-state index in [1.807, 2.05) is 6.07 Å². The zero-order valence-corrected chi connectivity index (χ0v) is 11.3. The standard InChI is InChI=1S/C14H17N3O3/c1-2-20-14(19)6-7-15-10-11-9-13(18)17-8-4-3-5-12(17)16-11/h3-5,8-9,15H,2,6-7,10H2,1H3. The molecule has 0 saturated heterocycles. The minimum absolute atomic E-state index is 0.113. The quantitative estimate of drug-likeness (QED) is 0.622. The second-order valence-electron chi connectivity index (χ2n) is 4.25. The molecule has 2 heterocycles. The van der Waals surface area contributed by atoms with Crippen LogP contribution < -0.4 is 10.9 Å². The first-order chi connectivity index (χ1) is 9.70. The molecule has 0 fully saturated rings. The maximum atomic E-state index is 11.8. The van der Waals surface area contributed by atoms with Crippen molar-refractivity contribution in [2.75, 3.05) is 13.2 Å². The smallest absolute Gasteiger partial charge is 0.307 e. The topological polar surface area (TPSA) is 72.7 Å². The number of esters is 1. The minimum Gasteiger partial charge on any atom is -0.466 e. The fourth-order valence-electron chi connectivity index (χ4n) is 1.83. The summed E-state index contributed by atoms with van der Waals surface area (Å²) >= 11 is 0. The lowest BCUT2D eigenvalue weighted by molar-refractivity contribution is -0.142. The number of nitrogens with one attached hydrogen (secondary N) is 1. The van der Waals surface area contributed by atoms with E-state index >= 15 is 0 Å². The molecule has 6 heteroatoms. The van der Waals surface area contributed by atoms with Crippen LogP contribution in [0.25, 0.3) is 5.65 Å². The number of nitrogens with zero attached hydrogens (tertiary/aromatic N) is 2. The van der Waals surface area contributed by atoms with Gasteiger partial charge in [-0.1, -0.05) is 6.07 Å². The Labute approximate surface area is 116 Å².